The predicted molar refractivity (Wildman–Crippen MR) is 80.0 cm³/mol. The van der Waals surface area contributed by atoms with Crippen LogP contribution in [0.4, 0.5) is 4.39 Å². The summed E-state index contributed by atoms with van der Waals surface area (Å²) in [5, 5.41) is 0.443. The van der Waals surface area contributed by atoms with E-state index in [-0.39, 0.29) is 23.9 Å². The Labute approximate surface area is 126 Å². The molecule has 0 aromatic heterocycles. The molecular formula is C16H12ClFOS. The predicted octanol–water partition coefficient (Wildman–Crippen LogP) is 4.48. The smallest absolute Gasteiger partial charge is 0.145 e. The van der Waals surface area contributed by atoms with E-state index < -0.39 is 0 Å². The fourth-order valence-corrected chi connectivity index (χ4v) is 3.87. The third-order valence-corrected chi connectivity index (χ3v) is 5.01. The van der Waals surface area contributed by atoms with Crippen molar-refractivity contribution in [1.82, 2.24) is 0 Å². The van der Waals surface area contributed by atoms with Crippen molar-refractivity contribution >= 4 is 29.1 Å². The lowest BCUT2D eigenvalue weighted by molar-refractivity contribution is -0.119. The molecule has 1 aliphatic rings. The molecule has 0 radical (unpaired) electrons. The quantitative estimate of drug-likeness (QED) is 0.831. The van der Waals surface area contributed by atoms with Gasteiger partial charge in [-0.15, -0.1) is 11.8 Å². The van der Waals surface area contributed by atoms with E-state index >= 15 is 0 Å². The Bertz CT molecular complexity index is 671. The van der Waals surface area contributed by atoms with Crippen molar-refractivity contribution in [3.63, 3.8) is 0 Å². The van der Waals surface area contributed by atoms with Gasteiger partial charge in [-0.1, -0.05) is 29.8 Å². The Hall–Kier alpha value is -1.32. The van der Waals surface area contributed by atoms with Crippen molar-refractivity contribution in [2.45, 2.75) is 17.2 Å². The van der Waals surface area contributed by atoms with Crippen LogP contribution in [-0.2, 0) is 11.2 Å². The SMILES string of the molecule is O=C(Cc1cc(F)ccc1Cl)C1CSc2ccccc21. The molecular weight excluding hydrogens is 295 g/mol. The zero-order chi connectivity index (χ0) is 14.1. The molecule has 1 atom stereocenters. The molecule has 0 saturated carbocycles. The van der Waals surface area contributed by atoms with Gasteiger partial charge in [0, 0.05) is 22.1 Å². The van der Waals surface area contributed by atoms with Gasteiger partial charge in [-0.2, -0.15) is 0 Å². The van der Waals surface area contributed by atoms with E-state index in [9.17, 15) is 9.18 Å². The molecule has 0 N–H and O–H groups in total. The minimum absolute atomic E-state index is 0.0925. The Morgan fingerprint density at radius 1 is 1.30 bits per heavy atom. The number of fused-ring (bicyclic) bond motifs is 1. The van der Waals surface area contributed by atoms with Gasteiger partial charge >= 0.3 is 0 Å². The number of thioether (sulfide) groups is 1. The fraction of sp³-hybridized carbons (Fsp3) is 0.188. The Morgan fingerprint density at radius 3 is 2.95 bits per heavy atom. The molecule has 0 amide bonds. The first-order chi connectivity index (χ1) is 9.65. The molecule has 20 heavy (non-hydrogen) atoms. The van der Waals surface area contributed by atoms with Gasteiger partial charge < -0.3 is 0 Å². The van der Waals surface area contributed by atoms with Crippen LogP contribution in [0.3, 0.4) is 0 Å². The van der Waals surface area contributed by atoms with Crippen molar-refractivity contribution in [3.05, 3.63) is 64.4 Å². The maximum Gasteiger partial charge on any atom is 0.145 e. The first-order valence-electron chi connectivity index (χ1n) is 6.33. The number of rotatable bonds is 3. The lowest BCUT2D eigenvalue weighted by atomic mass is 9.93. The third-order valence-electron chi connectivity index (χ3n) is 3.46. The minimum atomic E-state index is -0.363. The van der Waals surface area contributed by atoms with Gasteiger partial charge in [0.2, 0.25) is 0 Å². The largest absolute Gasteiger partial charge is 0.299 e. The van der Waals surface area contributed by atoms with Crippen LogP contribution >= 0.6 is 23.4 Å². The molecule has 102 valence electrons. The van der Waals surface area contributed by atoms with Gasteiger partial charge in [0.15, 0.2) is 0 Å². The summed E-state index contributed by atoms with van der Waals surface area (Å²) in [5.41, 5.74) is 1.64. The van der Waals surface area contributed by atoms with Crippen LogP contribution < -0.4 is 0 Å². The van der Waals surface area contributed by atoms with Crippen molar-refractivity contribution in [1.29, 1.82) is 0 Å². The molecule has 0 bridgehead atoms. The number of hydrogen-bond acceptors (Lipinski definition) is 2. The normalized spacial score (nSPS) is 17.0. The van der Waals surface area contributed by atoms with E-state index in [1.807, 2.05) is 24.3 Å². The molecule has 1 aliphatic heterocycles. The van der Waals surface area contributed by atoms with E-state index in [1.54, 1.807) is 11.8 Å². The summed E-state index contributed by atoms with van der Waals surface area (Å²) in [5.74, 6) is 0.370. The van der Waals surface area contributed by atoms with Crippen LogP contribution in [0.1, 0.15) is 17.0 Å². The number of hydrogen-bond donors (Lipinski definition) is 0. The molecule has 2 aromatic carbocycles. The van der Waals surface area contributed by atoms with Crippen LogP contribution in [-0.4, -0.2) is 11.5 Å². The first kappa shape index (κ1) is 13.7. The highest BCUT2D eigenvalue weighted by atomic mass is 35.5. The van der Waals surface area contributed by atoms with Gasteiger partial charge in [-0.3, -0.25) is 4.79 Å². The topological polar surface area (TPSA) is 17.1 Å². The Balaban J connectivity index is 1.83. The van der Waals surface area contributed by atoms with Gasteiger partial charge in [0.25, 0.3) is 0 Å². The molecule has 1 unspecified atom stereocenters. The summed E-state index contributed by atoms with van der Waals surface area (Å²) >= 11 is 7.72. The first-order valence-corrected chi connectivity index (χ1v) is 7.70. The van der Waals surface area contributed by atoms with Crippen LogP contribution in [0.2, 0.25) is 5.02 Å². The van der Waals surface area contributed by atoms with Crippen molar-refractivity contribution in [3.8, 4) is 0 Å². The lowest BCUT2D eigenvalue weighted by Crippen LogP contribution is -2.15. The molecule has 3 rings (SSSR count). The van der Waals surface area contributed by atoms with Crippen LogP contribution in [0.25, 0.3) is 0 Å². The summed E-state index contributed by atoms with van der Waals surface area (Å²) in [4.78, 5) is 13.6. The maximum absolute atomic E-state index is 13.2. The summed E-state index contributed by atoms with van der Waals surface area (Å²) in [6.07, 6.45) is 0.177. The van der Waals surface area contributed by atoms with Crippen molar-refractivity contribution in [2.75, 3.05) is 5.75 Å². The van der Waals surface area contributed by atoms with Gasteiger partial charge in [-0.05, 0) is 35.4 Å². The highest BCUT2D eigenvalue weighted by Gasteiger charge is 2.29. The Kier molecular flexibility index (Phi) is 3.81. The van der Waals surface area contributed by atoms with Crippen LogP contribution in [0, 0.1) is 5.82 Å². The summed E-state index contributed by atoms with van der Waals surface area (Å²) in [7, 11) is 0. The van der Waals surface area contributed by atoms with Gasteiger partial charge in [0.05, 0.1) is 5.92 Å². The van der Waals surface area contributed by atoms with Gasteiger partial charge in [-0.25, -0.2) is 4.39 Å². The second-order valence-corrected chi connectivity index (χ2v) is 6.25. The minimum Gasteiger partial charge on any atom is -0.299 e. The lowest BCUT2D eigenvalue weighted by Gasteiger charge is -2.10. The van der Waals surface area contributed by atoms with E-state index in [2.05, 4.69) is 0 Å². The molecule has 1 heterocycles. The number of carbonyl (C=O) groups excluding carboxylic acids is 1. The fourth-order valence-electron chi connectivity index (χ4n) is 2.42. The van der Waals surface area contributed by atoms with Crippen molar-refractivity contribution < 1.29 is 9.18 Å². The monoisotopic (exact) mass is 306 g/mol. The molecule has 4 heteroatoms. The standard InChI is InChI=1S/C16H12ClFOS/c17-14-6-5-11(18)7-10(14)8-15(19)13-9-20-16-4-2-1-3-12(13)16/h1-7,13H,8-9H2. The molecule has 0 spiro atoms. The maximum atomic E-state index is 13.2. The second kappa shape index (κ2) is 5.58. The highest BCUT2D eigenvalue weighted by Crippen LogP contribution is 2.40. The number of halogens is 2. The zero-order valence-corrected chi connectivity index (χ0v) is 12.2. The number of Topliss-reactive ketones (excluding diaryl/α,β-unsaturated/α-hetero) is 1. The molecule has 1 nitrogen and oxygen atoms in total. The summed E-state index contributed by atoms with van der Waals surface area (Å²) < 4.78 is 13.2. The number of carbonyl (C=O) groups is 1. The molecule has 0 fully saturated rings. The van der Waals surface area contributed by atoms with E-state index in [1.165, 1.54) is 18.2 Å². The average molecular weight is 307 g/mol. The zero-order valence-electron chi connectivity index (χ0n) is 10.6. The summed E-state index contributed by atoms with van der Waals surface area (Å²) in [6, 6.07) is 12.1. The molecule has 2 aromatic rings. The van der Waals surface area contributed by atoms with Crippen LogP contribution in [0.5, 0.6) is 0 Å². The highest BCUT2D eigenvalue weighted by molar-refractivity contribution is 7.99. The number of benzene rings is 2. The molecule has 0 saturated heterocycles. The third kappa shape index (κ3) is 2.60. The van der Waals surface area contributed by atoms with E-state index in [0.29, 0.717) is 10.6 Å². The van der Waals surface area contributed by atoms with E-state index in [4.69, 9.17) is 11.6 Å². The van der Waals surface area contributed by atoms with Gasteiger partial charge in [0.1, 0.15) is 11.6 Å². The van der Waals surface area contributed by atoms with Crippen molar-refractivity contribution in [2.24, 2.45) is 0 Å². The second-order valence-electron chi connectivity index (χ2n) is 4.78. The number of ketones is 1. The molecule has 0 aliphatic carbocycles. The average Bonchev–Trinajstić information content (AvgIpc) is 2.87. The summed E-state index contributed by atoms with van der Waals surface area (Å²) in [6.45, 7) is 0. The van der Waals surface area contributed by atoms with E-state index in [0.717, 1.165) is 16.2 Å². The Morgan fingerprint density at radius 2 is 2.10 bits per heavy atom. The van der Waals surface area contributed by atoms with Crippen LogP contribution in [0.15, 0.2) is 47.4 Å².